The molecule has 4 atom stereocenters. The maximum atomic E-state index is 14.6. The average Bonchev–Trinajstić information content (AvgIpc) is 2.76. The van der Waals surface area contributed by atoms with Gasteiger partial charge in [-0.25, -0.2) is 4.39 Å². The molecule has 1 nitrogen and oxygen atoms in total. The van der Waals surface area contributed by atoms with E-state index in [4.69, 9.17) is 4.74 Å². The quantitative estimate of drug-likeness (QED) is 0.428. The van der Waals surface area contributed by atoms with Crippen LogP contribution in [0, 0.1) is 23.6 Å². The second-order valence-electron chi connectivity index (χ2n) is 9.65. The Morgan fingerprint density at radius 1 is 0.931 bits per heavy atom. The predicted octanol–water partition coefficient (Wildman–Crippen LogP) is 8.26. The van der Waals surface area contributed by atoms with E-state index in [0.29, 0.717) is 11.7 Å². The average molecular weight is 397 g/mol. The van der Waals surface area contributed by atoms with E-state index < -0.39 is 0 Å². The zero-order valence-corrected chi connectivity index (χ0v) is 18.3. The molecule has 158 valence electrons. The fraction of sp³-hybridized carbons (Fsp3) is 0.630. The molecule has 2 aliphatic rings. The lowest BCUT2D eigenvalue weighted by atomic mass is 9.63. The molecule has 0 spiro atoms. The molecule has 2 saturated carbocycles. The number of rotatable bonds is 7. The van der Waals surface area contributed by atoms with Gasteiger partial charge in [-0.15, -0.1) is 0 Å². The molecular formula is C27H37FO. The topological polar surface area (TPSA) is 9.23 Å². The Bertz CT molecular complexity index is 814. The van der Waals surface area contributed by atoms with Crippen LogP contribution in [-0.2, 0) is 0 Å². The first kappa shape index (κ1) is 20.7. The Morgan fingerprint density at radius 2 is 1.76 bits per heavy atom. The zero-order valence-electron chi connectivity index (χ0n) is 18.3. The van der Waals surface area contributed by atoms with E-state index >= 15 is 0 Å². The molecule has 4 rings (SSSR count). The van der Waals surface area contributed by atoms with Crippen LogP contribution in [0.1, 0.15) is 89.0 Å². The van der Waals surface area contributed by atoms with E-state index in [1.54, 1.807) is 7.11 Å². The minimum atomic E-state index is -0.168. The highest BCUT2D eigenvalue weighted by Gasteiger charge is 2.35. The molecule has 2 unspecified atom stereocenters. The van der Waals surface area contributed by atoms with Crippen LogP contribution >= 0.6 is 0 Å². The van der Waals surface area contributed by atoms with E-state index in [9.17, 15) is 4.39 Å². The lowest BCUT2D eigenvalue weighted by Gasteiger charge is -2.42. The summed E-state index contributed by atoms with van der Waals surface area (Å²) in [5.74, 6) is 3.83. The molecule has 29 heavy (non-hydrogen) atoms. The SMILES string of the molecule is CCCCCCC1CCC2C[C@H](c3ccc4cc(OC)cc(F)c4c3)CC[C@@H]2C1. The Morgan fingerprint density at radius 3 is 2.59 bits per heavy atom. The molecule has 0 aliphatic heterocycles. The fourth-order valence-corrected chi connectivity index (χ4v) is 6.09. The second kappa shape index (κ2) is 9.49. The Labute approximate surface area is 176 Å². The van der Waals surface area contributed by atoms with Crippen molar-refractivity contribution in [1.82, 2.24) is 0 Å². The molecule has 2 aromatic rings. The molecular weight excluding hydrogens is 359 g/mol. The third kappa shape index (κ3) is 4.78. The summed E-state index contributed by atoms with van der Waals surface area (Å²) in [4.78, 5) is 0. The molecule has 2 heteroatoms. The maximum absolute atomic E-state index is 14.6. The molecule has 2 aromatic carbocycles. The number of hydrogen-bond donors (Lipinski definition) is 0. The summed E-state index contributed by atoms with van der Waals surface area (Å²) in [6.45, 7) is 2.30. The van der Waals surface area contributed by atoms with Crippen LogP contribution in [0.4, 0.5) is 4.39 Å². The predicted molar refractivity (Wildman–Crippen MR) is 120 cm³/mol. The molecule has 0 N–H and O–H groups in total. The number of unbranched alkanes of at least 4 members (excludes halogenated alkanes) is 3. The summed E-state index contributed by atoms with van der Waals surface area (Å²) in [7, 11) is 1.59. The number of ether oxygens (including phenoxy) is 1. The third-order valence-corrected chi connectivity index (χ3v) is 7.80. The van der Waals surface area contributed by atoms with Gasteiger partial charge in [0.25, 0.3) is 0 Å². The second-order valence-corrected chi connectivity index (χ2v) is 9.65. The number of benzene rings is 2. The first-order valence-electron chi connectivity index (χ1n) is 11.9. The third-order valence-electron chi connectivity index (χ3n) is 7.80. The number of halogens is 1. The van der Waals surface area contributed by atoms with Gasteiger partial charge in [0.05, 0.1) is 7.11 Å². The molecule has 0 saturated heterocycles. The van der Waals surface area contributed by atoms with Crippen LogP contribution in [0.15, 0.2) is 30.3 Å². The first-order valence-corrected chi connectivity index (χ1v) is 11.9. The highest BCUT2D eigenvalue weighted by Crippen LogP contribution is 2.48. The van der Waals surface area contributed by atoms with Gasteiger partial charge in [-0.1, -0.05) is 57.6 Å². The minimum absolute atomic E-state index is 0.168. The summed E-state index contributed by atoms with van der Waals surface area (Å²) < 4.78 is 19.8. The van der Waals surface area contributed by atoms with E-state index in [-0.39, 0.29) is 5.82 Å². The maximum Gasteiger partial charge on any atom is 0.134 e. The van der Waals surface area contributed by atoms with Crippen LogP contribution < -0.4 is 4.74 Å². The molecule has 0 bridgehead atoms. The Balaban J connectivity index is 1.38. The number of methoxy groups -OCH3 is 1. The summed E-state index contributed by atoms with van der Waals surface area (Å²) in [6, 6.07) is 9.85. The van der Waals surface area contributed by atoms with Gasteiger partial charge in [-0.05, 0) is 78.9 Å². The Kier molecular flexibility index (Phi) is 6.77. The minimum Gasteiger partial charge on any atom is -0.497 e. The van der Waals surface area contributed by atoms with Crippen LogP contribution in [0.5, 0.6) is 5.75 Å². The molecule has 0 amide bonds. The number of fused-ring (bicyclic) bond motifs is 2. The van der Waals surface area contributed by atoms with Crippen molar-refractivity contribution >= 4 is 10.8 Å². The van der Waals surface area contributed by atoms with Crippen LogP contribution in [-0.4, -0.2) is 7.11 Å². The molecule has 0 heterocycles. The molecule has 2 aliphatic carbocycles. The normalized spacial score (nSPS) is 27.0. The van der Waals surface area contributed by atoms with Crippen molar-refractivity contribution in [2.45, 2.75) is 83.5 Å². The van der Waals surface area contributed by atoms with Crippen molar-refractivity contribution in [1.29, 1.82) is 0 Å². The summed E-state index contributed by atoms with van der Waals surface area (Å²) in [5, 5.41) is 1.67. The van der Waals surface area contributed by atoms with Crippen molar-refractivity contribution in [3.63, 3.8) is 0 Å². The van der Waals surface area contributed by atoms with Crippen molar-refractivity contribution in [3.8, 4) is 5.75 Å². The van der Waals surface area contributed by atoms with Gasteiger partial charge in [0.2, 0.25) is 0 Å². The van der Waals surface area contributed by atoms with E-state index in [1.807, 2.05) is 6.07 Å². The fourth-order valence-electron chi connectivity index (χ4n) is 6.09. The summed E-state index contributed by atoms with van der Waals surface area (Å²) >= 11 is 0. The van der Waals surface area contributed by atoms with Gasteiger partial charge in [0.1, 0.15) is 11.6 Å². The van der Waals surface area contributed by atoms with Gasteiger partial charge >= 0.3 is 0 Å². The molecule has 2 fully saturated rings. The van der Waals surface area contributed by atoms with Crippen molar-refractivity contribution in [3.05, 3.63) is 41.7 Å². The van der Waals surface area contributed by atoms with Gasteiger partial charge < -0.3 is 4.74 Å². The largest absolute Gasteiger partial charge is 0.497 e. The lowest BCUT2D eigenvalue weighted by molar-refractivity contribution is 0.113. The van der Waals surface area contributed by atoms with Crippen molar-refractivity contribution < 1.29 is 9.13 Å². The van der Waals surface area contributed by atoms with Gasteiger partial charge in [0, 0.05) is 11.5 Å². The summed E-state index contributed by atoms with van der Waals surface area (Å²) in [5.41, 5.74) is 1.33. The zero-order chi connectivity index (χ0) is 20.2. The Hall–Kier alpha value is -1.57. The lowest BCUT2D eigenvalue weighted by Crippen LogP contribution is -2.30. The van der Waals surface area contributed by atoms with E-state index in [0.717, 1.165) is 28.5 Å². The van der Waals surface area contributed by atoms with Gasteiger partial charge in [-0.3, -0.25) is 0 Å². The van der Waals surface area contributed by atoms with Crippen molar-refractivity contribution in [2.75, 3.05) is 7.11 Å². The van der Waals surface area contributed by atoms with Gasteiger partial charge in [-0.2, -0.15) is 0 Å². The first-order chi connectivity index (χ1) is 14.2. The smallest absolute Gasteiger partial charge is 0.134 e. The molecule has 0 aromatic heterocycles. The van der Waals surface area contributed by atoms with E-state index in [2.05, 4.69) is 25.1 Å². The number of hydrogen-bond acceptors (Lipinski definition) is 1. The van der Waals surface area contributed by atoms with Crippen LogP contribution in [0.25, 0.3) is 10.8 Å². The monoisotopic (exact) mass is 396 g/mol. The highest BCUT2D eigenvalue weighted by molar-refractivity contribution is 5.85. The highest BCUT2D eigenvalue weighted by atomic mass is 19.1. The van der Waals surface area contributed by atoms with E-state index in [1.165, 1.54) is 82.3 Å². The van der Waals surface area contributed by atoms with Crippen LogP contribution in [0.3, 0.4) is 0 Å². The van der Waals surface area contributed by atoms with Crippen LogP contribution in [0.2, 0.25) is 0 Å². The van der Waals surface area contributed by atoms with Gasteiger partial charge in [0.15, 0.2) is 0 Å². The standard InChI is InChI=1S/C27H37FO/c1-3-4-5-6-7-19-8-9-21-15-22(11-10-20(21)14-19)23-12-13-24-16-25(29-2)18-27(28)26(24)17-23/h12-13,16-22H,3-11,14-15H2,1-2H3/t19?,20-,21?,22-/m1/s1. The summed E-state index contributed by atoms with van der Waals surface area (Å²) in [6.07, 6.45) is 15.3. The molecule has 0 radical (unpaired) electrons. The van der Waals surface area contributed by atoms with Crippen molar-refractivity contribution in [2.24, 2.45) is 17.8 Å².